The highest BCUT2D eigenvalue weighted by Crippen LogP contribution is 2.10. The number of nitrogens with zero attached hydrogens (tertiary/aromatic N) is 1. The zero-order valence-corrected chi connectivity index (χ0v) is 7.09. The second-order valence-electron chi connectivity index (χ2n) is 2.07. The third-order valence-electron chi connectivity index (χ3n) is 1.03. The fourth-order valence-electron chi connectivity index (χ4n) is 0.523. The minimum atomic E-state index is 0. The Balaban J connectivity index is 0. The Bertz CT molecular complexity index is 145. The topological polar surface area (TPSA) is 26.0 Å². The van der Waals surface area contributed by atoms with Gasteiger partial charge in [-0.2, -0.15) is 0 Å². The van der Waals surface area contributed by atoms with Gasteiger partial charge in [0.1, 0.15) is 5.76 Å². The second kappa shape index (κ2) is 7.32. The summed E-state index contributed by atoms with van der Waals surface area (Å²) >= 11 is 0. The quantitative estimate of drug-likeness (QED) is 0.624. The van der Waals surface area contributed by atoms with Gasteiger partial charge in [-0.15, -0.1) is 0 Å². The summed E-state index contributed by atoms with van der Waals surface area (Å²) in [5.41, 5.74) is 0. The fourth-order valence-corrected chi connectivity index (χ4v) is 0.523. The van der Waals surface area contributed by atoms with Crippen molar-refractivity contribution in [2.75, 3.05) is 0 Å². The summed E-state index contributed by atoms with van der Waals surface area (Å²) < 4.78 is 4.84. The smallest absolute Gasteiger partial charge is 0.139 e. The van der Waals surface area contributed by atoms with Gasteiger partial charge in [-0.05, 0) is 0 Å². The summed E-state index contributed by atoms with van der Waals surface area (Å²) in [6.07, 6.45) is 1.66. The van der Waals surface area contributed by atoms with E-state index in [2.05, 4.69) is 19.0 Å². The van der Waals surface area contributed by atoms with Crippen LogP contribution in [0.2, 0.25) is 0 Å². The molecule has 1 aromatic rings. The highest BCUT2D eigenvalue weighted by atomic mass is 16.5. The average molecular weight is 157 g/mol. The maximum atomic E-state index is 4.84. The van der Waals surface area contributed by atoms with Crippen LogP contribution in [0.5, 0.6) is 0 Å². The lowest BCUT2D eigenvalue weighted by atomic mass is 10.2. The third-order valence-corrected chi connectivity index (χ3v) is 1.03. The van der Waals surface area contributed by atoms with Gasteiger partial charge in [0.25, 0.3) is 0 Å². The van der Waals surface area contributed by atoms with Crippen molar-refractivity contribution < 1.29 is 4.52 Å². The van der Waals surface area contributed by atoms with E-state index in [1.807, 2.05) is 19.9 Å². The molecule has 2 heteroatoms. The van der Waals surface area contributed by atoms with Crippen LogP contribution in [0.1, 0.15) is 46.8 Å². The van der Waals surface area contributed by atoms with Crippen LogP contribution >= 0.6 is 0 Å². The van der Waals surface area contributed by atoms with Crippen LogP contribution in [-0.4, -0.2) is 5.16 Å². The summed E-state index contributed by atoms with van der Waals surface area (Å²) in [6, 6.07) is 1.88. The zero-order valence-electron chi connectivity index (χ0n) is 7.09. The fraction of sp³-hybridized carbons (Fsp3) is 0.667. The predicted octanol–water partition coefficient (Wildman–Crippen LogP) is 3.46. The third kappa shape index (κ3) is 4.59. The molecule has 0 spiro atoms. The summed E-state index contributed by atoms with van der Waals surface area (Å²) in [5.74, 6) is 1.41. The highest BCUT2D eigenvalue weighted by Gasteiger charge is 1.99. The van der Waals surface area contributed by atoms with E-state index in [1.54, 1.807) is 6.20 Å². The molecule has 0 bridgehead atoms. The molecule has 0 saturated heterocycles. The first-order chi connectivity index (χ1) is 4.80. The van der Waals surface area contributed by atoms with Crippen molar-refractivity contribution in [2.24, 2.45) is 0 Å². The van der Waals surface area contributed by atoms with Gasteiger partial charge >= 0.3 is 0 Å². The zero-order chi connectivity index (χ0) is 7.98. The van der Waals surface area contributed by atoms with Gasteiger partial charge in [0.15, 0.2) is 0 Å². The number of aromatic nitrogens is 1. The Morgan fingerprint density at radius 3 is 2.09 bits per heavy atom. The van der Waals surface area contributed by atoms with Crippen LogP contribution in [0, 0.1) is 0 Å². The first-order valence-electron chi connectivity index (χ1n) is 3.71. The van der Waals surface area contributed by atoms with Crippen molar-refractivity contribution >= 4 is 0 Å². The first-order valence-corrected chi connectivity index (χ1v) is 3.71. The van der Waals surface area contributed by atoms with E-state index in [9.17, 15) is 0 Å². The molecule has 2 nitrogen and oxygen atoms in total. The molecule has 0 radical (unpaired) electrons. The van der Waals surface area contributed by atoms with Gasteiger partial charge in [-0.25, -0.2) is 0 Å². The standard InChI is InChI=1S/C6H9NO.C2H6.CH4/c1-5(2)6-3-4-7-8-6;1-2;/h3-5H,1-2H3;1-2H3;1H4. The van der Waals surface area contributed by atoms with Crippen molar-refractivity contribution in [2.45, 2.75) is 41.0 Å². The van der Waals surface area contributed by atoms with Crippen molar-refractivity contribution in [3.8, 4) is 0 Å². The molecule has 1 aromatic heterocycles. The molecule has 0 aliphatic rings. The van der Waals surface area contributed by atoms with Crippen molar-refractivity contribution in [3.63, 3.8) is 0 Å². The number of hydrogen-bond donors (Lipinski definition) is 0. The van der Waals surface area contributed by atoms with E-state index in [-0.39, 0.29) is 7.43 Å². The van der Waals surface area contributed by atoms with Gasteiger partial charge in [-0.3, -0.25) is 0 Å². The molecular formula is C9H19NO. The maximum Gasteiger partial charge on any atom is 0.139 e. The van der Waals surface area contributed by atoms with Crippen LogP contribution in [0.15, 0.2) is 16.8 Å². The molecule has 0 unspecified atom stereocenters. The van der Waals surface area contributed by atoms with E-state index >= 15 is 0 Å². The Labute approximate surface area is 69.6 Å². The highest BCUT2D eigenvalue weighted by molar-refractivity contribution is 4.97. The number of hydrogen-bond acceptors (Lipinski definition) is 2. The Morgan fingerprint density at radius 2 is 1.91 bits per heavy atom. The lowest BCUT2D eigenvalue weighted by Crippen LogP contribution is -1.79. The molecule has 0 amide bonds. The van der Waals surface area contributed by atoms with E-state index in [1.165, 1.54) is 0 Å². The Kier molecular flexibility index (Phi) is 8.55. The van der Waals surface area contributed by atoms with Crippen molar-refractivity contribution in [1.29, 1.82) is 0 Å². The SMILES string of the molecule is C.CC.CC(C)c1ccno1. The Hall–Kier alpha value is -0.790. The van der Waals surface area contributed by atoms with E-state index in [4.69, 9.17) is 4.52 Å². The first kappa shape index (κ1) is 12.8. The lowest BCUT2D eigenvalue weighted by Gasteiger charge is -1.92. The van der Waals surface area contributed by atoms with Crippen LogP contribution in [0.3, 0.4) is 0 Å². The molecule has 1 rings (SSSR count). The molecule has 0 atom stereocenters. The predicted molar refractivity (Wildman–Crippen MR) is 48.7 cm³/mol. The minimum absolute atomic E-state index is 0. The summed E-state index contributed by atoms with van der Waals surface area (Å²) in [6.45, 7) is 8.14. The second-order valence-corrected chi connectivity index (χ2v) is 2.07. The molecular weight excluding hydrogens is 138 g/mol. The van der Waals surface area contributed by atoms with Crippen molar-refractivity contribution in [3.05, 3.63) is 18.0 Å². The molecule has 0 aliphatic carbocycles. The van der Waals surface area contributed by atoms with Crippen LogP contribution < -0.4 is 0 Å². The average Bonchev–Trinajstić information content (AvgIpc) is 2.42. The maximum absolute atomic E-state index is 4.84. The molecule has 1 heterocycles. The molecule has 0 aliphatic heterocycles. The van der Waals surface area contributed by atoms with Crippen LogP contribution in [0.4, 0.5) is 0 Å². The number of rotatable bonds is 1. The van der Waals surface area contributed by atoms with E-state index in [0.29, 0.717) is 5.92 Å². The van der Waals surface area contributed by atoms with Crippen LogP contribution in [-0.2, 0) is 0 Å². The molecule has 11 heavy (non-hydrogen) atoms. The van der Waals surface area contributed by atoms with Gasteiger partial charge < -0.3 is 4.52 Å². The van der Waals surface area contributed by atoms with Gasteiger partial charge in [0.2, 0.25) is 0 Å². The van der Waals surface area contributed by atoms with E-state index < -0.39 is 0 Å². The summed E-state index contributed by atoms with van der Waals surface area (Å²) in [5, 5.41) is 3.57. The van der Waals surface area contributed by atoms with E-state index in [0.717, 1.165) is 5.76 Å². The molecule has 0 fully saturated rings. The minimum Gasteiger partial charge on any atom is -0.361 e. The summed E-state index contributed by atoms with van der Waals surface area (Å²) in [4.78, 5) is 0. The monoisotopic (exact) mass is 157 g/mol. The van der Waals surface area contributed by atoms with Crippen LogP contribution in [0.25, 0.3) is 0 Å². The van der Waals surface area contributed by atoms with Gasteiger partial charge in [0.05, 0.1) is 6.20 Å². The van der Waals surface area contributed by atoms with Crippen molar-refractivity contribution in [1.82, 2.24) is 5.16 Å². The van der Waals surface area contributed by atoms with Gasteiger partial charge in [-0.1, -0.05) is 40.3 Å². The Morgan fingerprint density at radius 1 is 1.36 bits per heavy atom. The normalized spacial score (nSPS) is 8.09. The summed E-state index contributed by atoms with van der Waals surface area (Å²) in [7, 11) is 0. The largest absolute Gasteiger partial charge is 0.361 e. The lowest BCUT2D eigenvalue weighted by molar-refractivity contribution is 0.371. The van der Waals surface area contributed by atoms with Gasteiger partial charge in [0, 0.05) is 12.0 Å². The molecule has 0 aromatic carbocycles. The molecule has 66 valence electrons. The molecule has 0 N–H and O–H groups in total. The molecule has 0 saturated carbocycles.